The van der Waals surface area contributed by atoms with Gasteiger partial charge in [0.15, 0.2) is 0 Å². The second kappa shape index (κ2) is 6.09. The van der Waals surface area contributed by atoms with Gasteiger partial charge in [-0.05, 0) is 49.4 Å². The molecule has 1 atom stereocenters. The van der Waals surface area contributed by atoms with Gasteiger partial charge < -0.3 is 4.42 Å². The van der Waals surface area contributed by atoms with E-state index < -0.39 is 0 Å². The van der Waals surface area contributed by atoms with E-state index in [1.165, 1.54) is 10.4 Å². The average molecular weight is 319 g/mol. The molecule has 0 amide bonds. The lowest BCUT2D eigenvalue weighted by Crippen LogP contribution is -2.22. The summed E-state index contributed by atoms with van der Waals surface area (Å²) < 4.78 is 5.81. The summed E-state index contributed by atoms with van der Waals surface area (Å²) in [4.78, 5) is 4.62. The minimum absolute atomic E-state index is 0.0905. The lowest BCUT2D eigenvalue weighted by atomic mass is 10.2. The molecule has 0 aromatic carbocycles. The topological polar surface area (TPSA) is 42.2 Å². The SMILES string of the molecule is Cc1ccsc1CN(C)[C@@H](C)c1nnc(-c2cccs2)o1. The highest BCUT2D eigenvalue weighted by Gasteiger charge is 2.20. The van der Waals surface area contributed by atoms with E-state index in [1.54, 1.807) is 22.7 Å². The van der Waals surface area contributed by atoms with E-state index in [4.69, 9.17) is 4.42 Å². The molecule has 0 unspecified atom stereocenters. The summed E-state index contributed by atoms with van der Waals surface area (Å²) in [6.07, 6.45) is 0. The monoisotopic (exact) mass is 319 g/mol. The van der Waals surface area contributed by atoms with Crippen LogP contribution in [0.1, 0.15) is 29.3 Å². The smallest absolute Gasteiger partial charge is 0.257 e. The van der Waals surface area contributed by atoms with Gasteiger partial charge in [0, 0.05) is 11.4 Å². The van der Waals surface area contributed by atoms with Crippen LogP contribution in [-0.2, 0) is 6.54 Å². The number of hydrogen-bond donors (Lipinski definition) is 0. The molecule has 0 fully saturated rings. The van der Waals surface area contributed by atoms with Gasteiger partial charge in [-0.25, -0.2) is 0 Å². The highest BCUT2D eigenvalue weighted by Crippen LogP contribution is 2.27. The lowest BCUT2D eigenvalue weighted by Gasteiger charge is -2.21. The Labute approximate surface area is 132 Å². The van der Waals surface area contributed by atoms with Crippen LogP contribution in [0.5, 0.6) is 0 Å². The summed E-state index contributed by atoms with van der Waals surface area (Å²) >= 11 is 3.39. The van der Waals surface area contributed by atoms with Crippen LogP contribution >= 0.6 is 22.7 Å². The minimum atomic E-state index is 0.0905. The Bertz CT molecular complexity index is 702. The van der Waals surface area contributed by atoms with Crippen molar-refractivity contribution >= 4 is 22.7 Å². The molecular weight excluding hydrogens is 302 g/mol. The van der Waals surface area contributed by atoms with Crippen LogP contribution in [0.4, 0.5) is 0 Å². The summed E-state index contributed by atoms with van der Waals surface area (Å²) in [5.74, 6) is 1.27. The van der Waals surface area contributed by atoms with E-state index >= 15 is 0 Å². The molecule has 0 aliphatic rings. The maximum Gasteiger partial charge on any atom is 0.257 e. The highest BCUT2D eigenvalue weighted by molar-refractivity contribution is 7.13. The van der Waals surface area contributed by atoms with Crippen molar-refractivity contribution in [1.82, 2.24) is 15.1 Å². The quantitative estimate of drug-likeness (QED) is 0.700. The number of thiophene rings is 2. The molecule has 21 heavy (non-hydrogen) atoms. The number of nitrogens with zero attached hydrogens (tertiary/aromatic N) is 3. The fourth-order valence-electron chi connectivity index (χ4n) is 2.02. The van der Waals surface area contributed by atoms with Gasteiger partial charge in [-0.2, -0.15) is 0 Å². The summed E-state index contributed by atoms with van der Waals surface area (Å²) in [5.41, 5.74) is 1.34. The van der Waals surface area contributed by atoms with Gasteiger partial charge >= 0.3 is 0 Å². The van der Waals surface area contributed by atoms with Gasteiger partial charge in [0.2, 0.25) is 5.89 Å². The third kappa shape index (κ3) is 3.07. The summed E-state index contributed by atoms with van der Waals surface area (Å²) in [5, 5.41) is 12.5. The standard InChI is InChI=1S/C15H17N3OS2/c1-10-6-8-21-13(10)9-18(3)11(2)14-16-17-15(19-14)12-5-4-7-20-12/h4-8,11H,9H2,1-3H3/t11-/m0/s1. The van der Waals surface area contributed by atoms with E-state index in [0.29, 0.717) is 11.8 Å². The zero-order valence-corrected chi connectivity index (χ0v) is 13.9. The number of hydrogen-bond acceptors (Lipinski definition) is 6. The normalized spacial score (nSPS) is 13.0. The summed E-state index contributed by atoms with van der Waals surface area (Å²) in [6.45, 7) is 5.13. The van der Waals surface area contributed by atoms with E-state index in [2.05, 4.69) is 47.4 Å². The number of rotatable bonds is 5. The zero-order valence-electron chi connectivity index (χ0n) is 12.2. The number of aryl methyl sites for hydroxylation is 1. The molecule has 3 heterocycles. The molecule has 0 aliphatic carbocycles. The predicted octanol–water partition coefficient (Wildman–Crippen LogP) is 4.36. The Morgan fingerprint density at radius 3 is 2.76 bits per heavy atom. The molecular formula is C15H17N3OS2. The largest absolute Gasteiger partial charge is 0.418 e. The van der Waals surface area contributed by atoms with E-state index in [9.17, 15) is 0 Å². The second-order valence-electron chi connectivity index (χ2n) is 5.04. The molecule has 0 saturated carbocycles. The van der Waals surface area contributed by atoms with Crippen molar-refractivity contribution in [3.63, 3.8) is 0 Å². The third-order valence-corrected chi connectivity index (χ3v) is 5.42. The molecule has 3 aromatic heterocycles. The van der Waals surface area contributed by atoms with Gasteiger partial charge in [0.05, 0.1) is 10.9 Å². The van der Waals surface area contributed by atoms with Crippen LogP contribution in [0.2, 0.25) is 0 Å². The molecule has 0 aliphatic heterocycles. The summed E-state index contributed by atoms with van der Waals surface area (Å²) in [7, 11) is 2.08. The first-order valence-corrected chi connectivity index (χ1v) is 8.51. The maximum absolute atomic E-state index is 5.81. The molecule has 0 bridgehead atoms. The Hall–Kier alpha value is -1.50. The zero-order chi connectivity index (χ0) is 14.8. The van der Waals surface area contributed by atoms with Crippen LogP contribution in [-0.4, -0.2) is 22.1 Å². The van der Waals surface area contributed by atoms with Crippen molar-refractivity contribution in [3.05, 3.63) is 45.3 Å². The van der Waals surface area contributed by atoms with E-state index in [0.717, 1.165) is 11.4 Å². The molecule has 0 N–H and O–H groups in total. The molecule has 4 nitrogen and oxygen atoms in total. The fourth-order valence-corrected chi connectivity index (χ4v) is 3.63. The molecule has 0 radical (unpaired) electrons. The van der Waals surface area contributed by atoms with Crippen LogP contribution < -0.4 is 0 Å². The summed E-state index contributed by atoms with van der Waals surface area (Å²) in [6, 6.07) is 6.22. The van der Waals surface area contributed by atoms with Gasteiger partial charge in [-0.3, -0.25) is 4.90 Å². The molecule has 0 spiro atoms. The molecule has 110 valence electrons. The van der Waals surface area contributed by atoms with Crippen molar-refractivity contribution in [3.8, 4) is 10.8 Å². The molecule has 0 saturated heterocycles. The predicted molar refractivity (Wildman–Crippen MR) is 86.5 cm³/mol. The van der Waals surface area contributed by atoms with Crippen LogP contribution in [0.3, 0.4) is 0 Å². The van der Waals surface area contributed by atoms with Crippen molar-refractivity contribution in [1.29, 1.82) is 0 Å². The Morgan fingerprint density at radius 2 is 2.10 bits per heavy atom. The Balaban J connectivity index is 1.73. The lowest BCUT2D eigenvalue weighted by molar-refractivity contribution is 0.219. The fraction of sp³-hybridized carbons (Fsp3) is 0.333. The second-order valence-corrected chi connectivity index (χ2v) is 6.99. The van der Waals surface area contributed by atoms with Gasteiger partial charge in [0.1, 0.15) is 0 Å². The first-order chi connectivity index (χ1) is 10.1. The number of aromatic nitrogens is 2. The van der Waals surface area contributed by atoms with Crippen molar-refractivity contribution in [2.75, 3.05) is 7.05 Å². The first-order valence-electron chi connectivity index (χ1n) is 6.75. The van der Waals surface area contributed by atoms with Crippen molar-refractivity contribution in [2.24, 2.45) is 0 Å². The maximum atomic E-state index is 5.81. The molecule has 3 aromatic rings. The first kappa shape index (κ1) is 14.4. The Kier molecular flexibility index (Phi) is 4.19. The van der Waals surface area contributed by atoms with E-state index in [-0.39, 0.29) is 6.04 Å². The highest BCUT2D eigenvalue weighted by atomic mass is 32.1. The Morgan fingerprint density at radius 1 is 1.24 bits per heavy atom. The van der Waals surface area contributed by atoms with Crippen LogP contribution in [0.15, 0.2) is 33.4 Å². The van der Waals surface area contributed by atoms with Crippen LogP contribution in [0.25, 0.3) is 10.8 Å². The van der Waals surface area contributed by atoms with Crippen molar-refractivity contribution < 1.29 is 4.42 Å². The average Bonchev–Trinajstić information content (AvgIpc) is 3.18. The van der Waals surface area contributed by atoms with Crippen molar-refractivity contribution in [2.45, 2.75) is 26.4 Å². The minimum Gasteiger partial charge on any atom is -0.418 e. The molecule has 3 rings (SSSR count). The van der Waals surface area contributed by atoms with Crippen LogP contribution in [0, 0.1) is 6.92 Å². The van der Waals surface area contributed by atoms with Gasteiger partial charge in [-0.15, -0.1) is 32.9 Å². The van der Waals surface area contributed by atoms with E-state index in [1.807, 2.05) is 17.5 Å². The molecule has 6 heteroatoms. The van der Waals surface area contributed by atoms with Gasteiger partial charge in [-0.1, -0.05) is 6.07 Å². The third-order valence-electron chi connectivity index (χ3n) is 3.55. The van der Waals surface area contributed by atoms with Gasteiger partial charge in [0.25, 0.3) is 5.89 Å².